The number of benzene rings is 2. The van der Waals surface area contributed by atoms with Crippen molar-refractivity contribution in [1.82, 2.24) is 9.97 Å². The quantitative estimate of drug-likeness (QED) is 0.634. The second-order valence-corrected chi connectivity index (χ2v) is 6.71. The first-order valence-electron chi connectivity index (χ1n) is 7.91. The van der Waals surface area contributed by atoms with Crippen LogP contribution in [0.3, 0.4) is 0 Å². The number of amides is 1. The molecule has 1 amide bonds. The van der Waals surface area contributed by atoms with E-state index >= 15 is 0 Å². The third kappa shape index (κ3) is 3.04. The summed E-state index contributed by atoms with van der Waals surface area (Å²) in [5.74, 6) is -0.555. The molecule has 2 aromatic carbocycles. The van der Waals surface area contributed by atoms with Crippen molar-refractivity contribution in [3.05, 3.63) is 75.9 Å². The minimum Gasteiger partial charge on any atom is -0.306 e. The lowest BCUT2D eigenvalue weighted by Crippen LogP contribution is -2.29. The molecule has 0 N–H and O–H groups in total. The van der Waals surface area contributed by atoms with Crippen LogP contribution in [0.25, 0.3) is 11.3 Å². The molecule has 4 nitrogen and oxygen atoms in total. The van der Waals surface area contributed by atoms with Crippen molar-refractivity contribution in [1.29, 1.82) is 0 Å². The van der Waals surface area contributed by atoms with E-state index in [0.717, 1.165) is 11.1 Å². The molecular formula is C19H12Cl2FN3O. The average Bonchev–Trinajstić information content (AvgIpc) is 3.06. The second-order valence-electron chi connectivity index (χ2n) is 5.90. The molecule has 7 heteroatoms. The Hall–Kier alpha value is -2.50. The zero-order valence-electron chi connectivity index (χ0n) is 13.4. The number of nitrogens with zero attached hydrogens (tertiary/aromatic N) is 3. The molecule has 26 heavy (non-hydrogen) atoms. The number of rotatable bonds is 2. The maximum Gasteiger partial charge on any atom is 0.277 e. The molecule has 0 bridgehead atoms. The van der Waals surface area contributed by atoms with Gasteiger partial charge in [-0.25, -0.2) is 14.4 Å². The summed E-state index contributed by atoms with van der Waals surface area (Å²) in [5, 5.41) is 0.854. The topological polar surface area (TPSA) is 46.1 Å². The summed E-state index contributed by atoms with van der Waals surface area (Å²) >= 11 is 12.0. The van der Waals surface area contributed by atoms with Gasteiger partial charge in [-0.2, -0.15) is 0 Å². The van der Waals surface area contributed by atoms with Crippen molar-refractivity contribution in [2.75, 3.05) is 11.4 Å². The standard InChI is InChI=1S/C19H12Cl2FN3O/c20-14-3-1-11(8-15(14)21)16-9-17(24-10-23-16)19(26)25-6-5-12-7-13(22)2-4-18(12)25/h1-4,7-10H,5-6H2. The molecule has 0 aliphatic carbocycles. The van der Waals surface area contributed by atoms with Crippen molar-refractivity contribution in [2.24, 2.45) is 0 Å². The minimum absolute atomic E-state index is 0.251. The number of carbonyl (C=O) groups is 1. The van der Waals surface area contributed by atoms with Gasteiger partial charge in [0.2, 0.25) is 0 Å². The number of hydrogen-bond donors (Lipinski definition) is 0. The van der Waals surface area contributed by atoms with E-state index in [1.165, 1.54) is 18.5 Å². The van der Waals surface area contributed by atoms with Crippen LogP contribution >= 0.6 is 23.2 Å². The van der Waals surface area contributed by atoms with Gasteiger partial charge in [-0.05, 0) is 48.4 Å². The fourth-order valence-electron chi connectivity index (χ4n) is 3.01. The van der Waals surface area contributed by atoms with Gasteiger partial charge in [0.05, 0.1) is 15.7 Å². The average molecular weight is 388 g/mol. The highest BCUT2D eigenvalue weighted by Crippen LogP contribution is 2.31. The Morgan fingerprint density at radius 2 is 1.88 bits per heavy atom. The van der Waals surface area contributed by atoms with Gasteiger partial charge in [0, 0.05) is 17.8 Å². The largest absolute Gasteiger partial charge is 0.306 e. The van der Waals surface area contributed by atoms with Crippen LogP contribution in [0.2, 0.25) is 10.0 Å². The van der Waals surface area contributed by atoms with E-state index in [1.54, 1.807) is 35.2 Å². The number of halogens is 3. The van der Waals surface area contributed by atoms with Gasteiger partial charge in [0.25, 0.3) is 5.91 Å². The molecule has 3 aromatic rings. The number of carbonyl (C=O) groups excluding carboxylic acids is 1. The maximum atomic E-state index is 13.4. The highest BCUT2D eigenvalue weighted by atomic mass is 35.5. The summed E-state index contributed by atoms with van der Waals surface area (Å²) in [6.45, 7) is 0.490. The molecule has 0 saturated carbocycles. The Morgan fingerprint density at radius 1 is 1.04 bits per heavy atom. The van der Waals surface area contributed by atoms with Crippen LogP contribution in [-0.2, 0) is 6.42 Å². The zero-order chi connectivity index (χ0) is 18.3. The molecule has 1 aliphatic rings. The summed E-state index contributed by atoms with van der Waals surface area (Å²) in [5.41, 5.74) is 3.10. The van der Waals surface area contributed by atoms with Crippen LogP contribution in [0.5, 0.6) is 0 Å². The summed E-state index contributed by atoms with van der Waals surface area (Å²) in [6.07, 6.45) is 1.95. The molecule has 1 aliphatic heterocycles. The fraction of sp³-hybridized carbons (Fsp3) is 0.105. The predicted octanol–water partition coefficient (Wildman–Crippen LogP) is 4.79. The third-order valence-corrected chi connectivity index (χ3v) is 5.02. The summed E-state index contributed by atoms with van der Waals surface area (Å²) < 4.78 is 13.4. The van der Waals surface area contributed by atoms with Gasteiger partial charge >= 0.3 is 0 Å². The van der Waals surface area contributed by atoms with Crippen LogP contribution in [0.1, 0.15) is 16.1 Å². The van der Waals surface area contributed by atoms with Crippen LogP contribution in [-0.4, -0.2) is 22.4 Å². The van der Waals surface area contributed by atoms with Gasteiger partial charge in [-0.3, -0.25) is 4.79 Å². The van der Waals surface area contributed by atoms with Gasteiger partial charge in [-0.15, -0.1) is 0 Å². The van der Waals surface area contributed by atoms with E-state index in [-0.39, 0.29) is 17.4 Å². The first kappa shape index (κ1) is 16.9. The Bertz CT molecular complexity index is 1030. The number of anilines is 1. The van der Waals surface area contributed by atoms with Crippen molar-refractivity contribution in [3.8, 4) is 11.3 Å². The number of aromatic nitrogens is 2. The summed E-state index contributed by atoms with van der Waals surface area (Å²) in [7, 11) is 0. The highest BCUT2D eigenvalue weighted by Gasteiger charge is 2.27. The van der Waals surface area contributed by atoms with Gasteiger partial charge in [0.15, 0.2) is 0 Å². The third-order valence-electron chi connectivity index (χ3n) is 4.28. The normalized spacial score (nSPS) is 13.0. The van der Waals surface area contributed by atoms with E-state index in [0.29, 0.717) is 34.4 Å². The molecule has 1 aromatic heterocycles. The lowest BCUT2D eigenvalue weighted by atomic mass is 10.1. The lowest BCUT2D eigenvalue weighted by Gasteiger charge is -2.17. The predicted molar refractivity (Wildman–Crippen MR) is 99.3 cm³/mol. The van der Waals surface area contributed by atoms with Crippen LogP contribution < -0.4 is 4.90 Å². The smallest absolute Gasteiger partial charge is 0.277 e. The Labute approximate surface area is 159 Å². The molecule has 0 atom stereocenters. The first-order chi connectivity index (χ1) is 12.5. The SMILES string of the molecule is O=C(c1cc(-c2ccc(Cl)c(Cl)c2)ncn1)N1CCc2cc(F)ccc21. The molecule has 0 spiro atoms. The monoisotopic (exact) mass is 387 g/mol. The van der Waals surface area contributed by atoms with Crippen LogP contribution in [0.4, 0.5) is 10.1 Å². The van der Waals surface area contributed by atoms with Crippen molar-refractivity contribution in [3.63, 3.8) is 0 Å². The Balaban J connectivity index is 1.67. The lowest BCUT2D eigenvalue weighted by molar-refractivity contribution is 0.0984. The van der Waals surface area contributed by atoms with E-state index in [1.807, 2.05) is 0 Å². The van der Waals surface area contributed by atoms with E-state index in [2.05, 4.69) is 9.97 Å². The summed E-state index contributed by atoms with van der Waals surface area (Å²) in [4.78, 5) is 22.8. The molecule has 4 rings (SSSR count). The fourth-order valence-corrected chi connectivity index (χ4v) is 3.31. The van der Waals surface area contributed by atoms with Crippen molar-refractivity contribution >= 4 is 34.8 Å². The van der Waals surface area contributed by atoms with E-state index in [9.17, 15) is 9.18 Å². The minimum atomic E-state index is -0.304. The summed E-state index contributed by atoms with van der Waals surface area (Å²) in [6, 6.07) is 11.2. The number of fused-ring (bicyclic) bond motifs is 1. The molecule has 0 fully saturated rings. The van der Waals surface area contributed by atoms with Crippen molar-refractivity contribution in [2.45, 2.75) is 6.42 Å². The first-order valence-corrected chi connectivity index (χ1v) is 8.66. The van der Waals surface area contributed by atoms with Gasteiger partial charge in [-0.1, -0.05) is 29.3 Å². The molecular weight excluding hydrogens is 376 g/mol. The zero-order valence-corrected chi connectivity index (χ0v) is 14.9. The van der Waals surface area contributed by atoms with E-state index in [4.69, 9.17) is 23.2 Å². The molecule has 0 saturated heterocycles. The Morgan fingerprint density at radius 3 is 2.69 bits per heavy atom. The molecule has 130 valence electrons. The molecule has 0 unspecified atom stereocenters. The van der Waals surface area contributed by atoms with Crippen molar-refractivity contribution < 1.29 is 9.18 Å². The van der Waals surface area contributed by atoms with Gasteiger partial charge < -0.3 is 4.90 Å². The second kappa shape index (κ2) is 6.67. The van der Waals surface area contributed by atoms with Gasteiger partial charge in [0.1, 0.15) is 17.8 Å². The molecule has 2 heterocycles. The highest BCUT2D eigenvalue weighted by molar-refractivity contribution is 6.42. The molecule has 0 radical (unpaired) electrons. The van der Waals surface area contributed by atoms with E-state index < -0.39 is 0 Å². The number of hydrogen-bond acceptors (Lipinski definition) is 3. The maximum absolute atomic E-state index is 13.4. The Kier molecular flexibility index (Phi) is 4.34. The van der Waals surface area contributed by atoms with Crippen LogP contribution in [0.15, 0.2) is 48.8 Å². The van der Waals surface area contributed by atoms with Crippen LogP contribution in [0, 0.1) is 5.82 Å².